The van der Waals surface area contributed by atoms with Gasteiger partial charge in [-0.2, -0.15) is 0 Å². The molecule has 0 aliphatic heterocycles. The number of aromatic nitrogens is 5. The van der Waals surface area contributed by atoms with E-state index in [1.54, 1.807) is 11.6 Å². The van der Waals surface area contributed by atoms with Crippen molar-refractivity contribution in [1.82, 2.24) is 25.0 Å². The Balaban J connectivity index is 1.38. The number of benzene rings is 1. The number of thioether (sulfide) groups is 1. The van der Waals surface area contributed by atoms with Crippen molar-refractivity contribution in [1.29, 1.82) is 0 Å². The number of carbonyl (C=O) groups is 1. The van der Waals surface area contributed by atoms with Gasteiger partial charge >= 0.3 is 0 Å². The average molecular weight is 443 g/mol. The van der Waals surface area contributed by atoms with Crippen molar-refractivity contribution in [3.05, 3.63) is 53.3 Å². The maximum Gasteiger partial charge on any atom is 0.236 e. The summed E-state index contributed by atoms with van der Waals surface area (Å²) in [6.45, 7) is 4.65. The van der Waals surface area contributed by atoms with Gasteiger partial charge in [-0.05, 0) is 48.9 Å². The van der Waals surface area contributed by atoms with Gasteiger partial charge in [0.15, 0.2) is 11.0 Å². The summed E-state index contributed by atoms with van der Waals surface area (Å²) in [6.07, 6.45) is 6.53. The lowest BCUT2D eigenvalue weighted by atomic mass is 9.92. The first-order valence-corrected chi connectivity index (χ1v) is 11.6. The van der Waals surface area contributed by atoms with E-state index in [0.29, 0.717) is 29.3 Å². The first-order chi connectivity index (χ1) is 14.7. The molecule has 0 spiro atoms. The van der Waals surface area contributed by atoms with Crippen LogP contribution in [0.25, 0.3) is 0 Å². The summed E-state index contributed by atoms with van der Waals surface area (Å²) < 4.78 is 7.91. The van der Waals surface area contributed by atoms with Crippen LogP contribution in [0, 0.1) is 0 Å². The van der Waals surface area contributed by atoms with Crippen LogP contribution >= 0.6 is 23.1 Å². The Kier molecular flexibility index (Phi) is 6.75. The molecule has 0 radical (unpaired) electrons. The Morgan fingerprint density at radius 1 is 1.27 bits per heavy atom. The van der Waals surface area contributed by atoms with Gasteiger partial charge in [0.25, 0.3) is 0 Å². The van der Waals surface area contributed by atoms with Crippen LogP contribution in [0.2, 0.25) is 0 Å². The molecule has 1 aromatic carbocycles. The van der Waals surface area contributed by atoms with Crippen LogP contribution in [0.5, 0.6) is 5.75 Å². The van der Waals surface area contributed by atoms with Crippen LogP contribution in [0.3, 0.4) is 0 Å². The highest BCUT2D eigenvalue weighted by molar-refractivity contribution is 7.99. The number of amides is 1. The SMILES string of the molecule is C=CCn1c(COc2ccc3c(c2)CCCC3)nnc1SCC(=O)Nc1nncs1. The zero-order chi connectivity index (χ0) is 20.8. The lowest BCUT2D eigenvalue weighted by molar-refractivity contribution is -0.113. The van der Waals surface area contributed by atoms with Crippen LogP contribution in [0.15, 0.2) is 41.5 Å². The summed E-state index contributed by atoms with van der Waals surface area (Å²) in [5.74, 6) is 1.56. The van der Waals surface area contributed by atoms with Crippen molar-refractivity contribution in [3.63, 3.8) is 0 Å². The lowest BCUT2D eigenvalue weighted by Crippen LogP contribution is -2.15. The van der Waals surface area contributed by atoms with Crippen molar-refractivity contribution < 1.29 is 9.53 Å². The monoisotopic (exact) mass is 442 g/mol. The molecule has 0 saturated carbocycles. The second-order valence-corrected chi connectivity index (χ2v) is 8.58. The summed E-state index contributed by atoms with van der Waals surface area (Å²) in [7, 11) is 0. The average Bonchev–Trinajstić information content (AvgIpc) is 3.41. The predicted molar refractivity (Wildman–Crippen MR) is 117 cm³/mol. The van der Waals surface area contributed by atoms with E-state index in [4.69, 9.17) is 4.74 Å². The highest BCUT2D eigenvalue weighted by atomic mass is 32.2. The van der Waals surface area contributed by atoms with Crippen molar-refractivity contribution in [2.75, 3.05) is 11.1 Å². The molecule has 2 heterocycles. The van der Waals surface area contributed by atoms with Crippen molar-refractivity contribution in [3.8, 4) is 5.75 Å². The predicted octanol–water partition coefficient (Wildman–Crippen LogP) is 3.50. The molecule has 2 aromatic heterocycles. The zero-order valence-corrected chi connectivity index (χ0v) is 18.0. The fraction of sp³-hybridized carbons (Fsp3) is 0.350. The van der Waals surface area contributed by atoms with E-state index in [1.165, 1.54) is 47.1 Å². The molecule has 8 nitrogen and oxygen atoms in total. The van der Waals surface area contributed by atoms with Gasteiger partial charge in [-0.3, -0.25) is 14.7 Å². The topological polar surface area (TPSA) is 94.8 Å². The molecular weight excluding hydrogens is 420 g/mol. The number of anilines is 1. The number of nitrogens with zero attached hydrogens (tertiary/aromatic N) is 5. The van der Waals surface area contributed by atoms with Crippen LogP contribution < -0.4 is 10.1 Å². The van der Waals surface area contributed by atoms with Crippen LogP contribution in [0.1, 0.15) is 29.8 Å². The second kappa shape index (κ2) is 9.86. The van der Waals surface area contributed by atoms with Crippen LogP contribution in [-0.2, 0) is 30.8 Å². The highest BCUT2D eigenvalue weighted by Gasteiger charge is 2.15. The molecule has 30 heavy (non-hydrogen) atoms. The molecular formula is C20H22N6O2S2. The smallest absolute Gasteiger partial charge is 0.236 e. The minimum absolute atomic E-state index is 0.170. The lowest BCUT2D eigenvalue weighted by Gasteiger charge is -2.16. The molecule has 1 N–H and O–H groups in total. The molecule has 3 aromatic rings. The first-order valence-electron chi connectivity index (χ1n) is 9.69. The Hall–Kier alpha value is -2.72. The van der Waals surface area contributed by atoms with Gasteiger partial charge in [-0.15, -0.1) is 27.0 Å². The first kappa shape index (κ1) is 20.5. The largest absolute Gasteiger partial charge is 0.486 e. The highest BCUT2D eigenvalue weighted by Crippen LogP contribution is 2.26. The quantitative estimate of drug-likeness (QED) is 0.400. The Labute approximate surface area is 182 Å². The maximum absolute atomic E-state index is 12.1. The van der Waals surface area contributed by atoms with Gasteiger partial charge in [0.2, 0.25) is 11.0 Å². The van der Waals surface area contributed by atoms with E-state index < -0.39 is 0 Å². The molecule has 4 rings (SSSR count). The Morgan fingerprint density at radius 3 is 2.93 bits per heavy atom. The normalized spacial score (nSPS) is 12.9. The Bertz CT molecular complexity index is 1020. The zero-order valence-electron chi connectivity index (χ0n) is 16.4. The van der Waals surface area contributed by atoms with E-state index in [0.717, 1.165) is 18.6 Å². The molecule has 156 valence electrons. The van der Waals surface area contributed by atoms with Gasteiger partial charge in [-0.25, -0.2) is 0 Å². The summed E-state index contributed by atoms with van der Waals surface area (Å²) in [6, 6.07) is 6.32. The molecule has 1 aliphatic rings. The molecule has 0 unspecified atom stereocenters. The molecule has 1 aliphatic carbocycles. The number of ether oxygens (including phenoxy) is 1. The minimum atomic E-state index is -0.170. The molecule has 0 atom stereocenters. The minimum Gasteiger partial charge on any atom is -0.486 e. The number of rotatable bonds is 9. The number of fused-ring (bicyclic) bond motifs is 1. The second-order valence-electron chi connectivity index (χ2n) is 6.81. The summed E-state index contributed by atoms with van der Waals surface area (Å²) >= 11 is 2.58. The van der Waals surface area contributed by atoms with E-state index in [2.05, 4.69) is 44.4 Å². The van der Waals surface area contributed by atoms with Crippen molar-refractivity contribution in [2.24, 2.45) is 0 Å². The van der Waals surface area contributed by atoms with Gasteiger partial charge in [0.05, 0.1) is 5.75 Å². The van der Waals surface area contributed by atoms with Gasteiger partial charge in [0, 0.05) is 6.54 Å². The van der Waals surface area contributed by atoms with Gasteiger partial charge in [0.1, 0.15) is 17.9 Å². The molecule has 0 saturated heterocycles. The third-order valence-corrected chi connectivity index (χ3v) is 6.31. The number of hydrogen-bond acceptors (Lipinski definition) is 8. The van der Waals surface area contributed by atoms with Gasteiger partial charge < -0.3 is 4.74 Å². The van der Waals surface area contributed by atoms with Crippen LogP contribution in [-0.4, -0.2) is 36.6 Å². The standard InChI is InChI=1S/C20H22N6O2S2/c1-2-9-26-17(11-28-16-8-7-14-5-3-4-6-15(14)10-16)23-25-20(26)29-12-18(27)22-19-24-21-13-30-19/h2,7-8,10,13H,1,3-6,9,11-12H2,(H,22,24,27). The third-order valence-electron chi connectivity index (χ3n) is 4.73. The molecule has 10 heteroatoms. The molecule has 0 fully saturated rings. The Morgan fingerprint density at radius 2 is 2.13 bits per heavy atom. The maximum atomic E-state index is 12.1. The summed E-state index contributed by atoms with van der Waals surface area (Å²) in [4.78, 5) is 12.1. The van der Waals surface area contributed by atoms with Gasteiger partial charge in [-0.1, -0.05) is 35.2 Å². The number of nitrogens with one attached hydrogen (secondary N) is 1. The number of carbonyl (C=O) groups excluding carboxylic acids is 1. The molecule has 1 amide bonds. The van der Waals surface area contributed by atoms with E-state index in [1.807, 2.05) is 10.6 Å². The van der Waals surface area contributed by atoms with E-state index in [9.17, 15) is 4.79 Å². The van der Waals surface area contributed by atoms with E-state index >= 15 is 0 Å². The number of aryl methyl sites for hydroxylation is 2. The van der Waals surface area contributed by atoms with Crippen molar-refractivity contribution >= 4 is 34.1 Å². The fourth-order valence-electron chi connectivity index (χ4n) is 3.31. The van der Waals surface area contributed by atoms with Crippen molar-refractivity contribution in [2.45, 2.75) is 44.0 Å². The number of hydrogen-bond donors (Lipinski definition) is 1. The third kappa shape index (κ3) is 5.06. The molecule has 0 bridgehead atoms. The van der Waals surface area contributed by atoms with E-state index in [-0.39, 0.29) is 11.7 Å². The summed E-state index contributed by atoms with van der Waals surface area (Å²) in [5.41, 5.74) is 4.37. The summed E-state index contributed by atoms with van der Waals surface area (Å²) in [5, 5.41) is 19.8. The fourth-order valence-corrected chi connectivity index (χ4v) is 4.53. The van der Waals surface area contributed by atoms with Crippen LogP contribution in [0.4, 0.5) is 5.13 Å². The number of allylic oxidation sites excluding steroid dienone is 1.